The van der Waals surface area contributed by atoms with Crippen LogP contribution in [0.25, 0.3) is 0 Å². The van der Waals surface area contributed by atoms with Gasteiger partial charge in [-0.2, -0.15) is 0 Å². The fraction of sp³-hybridized carbons (Fsp3) is 0.632. The lowest BCUT2D eigenvalue weighted by Gasteiger charge is -2.36. The van der Waals surface area contributed by atoms with Crippen LogP contribution in [0.15, 0.2) is 24.3 Å². The maximum atomic E-state index is 11.9. The van der Waals surface area contributed by atoms with E-state index in [2.05, 4.69) is 29.2 Å². The SMILES string of the molecule is CC(C)C(O)CC(=O)Nc1ccc(N(C)C2CCN(C)CC2)cc1. The number of anilines is 2. The molecular weight excluding hydrogens is 302 g/mol. The second-order valence-electron chi connectivity index (χ2n) is 7.26. The molecule has 1 aromatic rings. The van der Waals surface area contributed by atoms with Crippen molar-refractivity contribution in [2.45, 2.75) is 45.3 Å². The second kappa shape index (κ2) is 8.49. The molecule has 1 aliphatic rings. The summed E-state index contributed by atoms with van der Waals surface area (Å²) in [5, 5.41) is 12.6. The van der Waals surface area contributed by atoms with Gasteiger partial charge in [0.1, 0.15) is 0 Å². The summed E-state index contributed by atoms with van der Waals surface area (Å²) >= 11 is 0. The number of aliphatic hydroxyl groups excluding tert-OH is 1. The van der Waals surface area contributed by atoms with Gasteiger partial charge in [0.05, 0.1) is 12.5 Å². The van der Waals surface area contributed by atoms with Crippen molar-refractivity contribution in [1.82, 2.24) is 4.90 Å². The molecule has 2 rings (SSSR count). The Morgan fingerprint density at radius 2 is 1.88 bits per heavy atom. The van der Waals surface area contributed by atoms with Crippen LogP contribution in [0.3, 0.4) is 0 Å². The summed E-state index contributed by atoms with van der Waals surface area (Å²) < 4.78 is 0. The van der Waals surface area contributed by atoms with Crippen molar-refractivity contribution in [2.24, 2.45) is 5.92 Å². The predicted octanol–water partition coefficient (Wildman–Crippen LogP) is 2.56. The van der Waals surface area contributed by atoms with E-state index < -0.39 is 6.10 Å². The van der Waals surface area contributed by atoms with Crippen molar-refractivity contribution in [3.05, 3.63) is 24.3 Å². The first kappa shape index (κ1) is 18.7. The summed E-state index contributed by atoms with van der Waals surface area (Å²) in [4.78, 5) is 16.6. The average Bonchev–Trinajstić information content (AvgIpc) is 2.55. The second-order valence-corrected chi connectivity index (χ2v) is 7.26. The highest BCUT2D eigenvalue weighted by molar-refractivity contribution is 5.91. The standard InChI is InChI=1S/C19H31N3O2/c1-14(2)18(23)13-19(24)20-15-5-7-16(8-6-15)22(4)17-9-11-21(3)12-10-17/h5-8,14,17-18,23H,9-13H2,1-4H3,(H,20,24). The topological polar surface area (TPSA) is 55.8 Å². The number of amides is 1. The fourth-order valence-electron chi connectivity index (χ4n) is 3.01. The summed E-state index contributed by atoms with van der Waals surface area (Å²) in [5.74, 6) is -0.0612. The van der Waals surface area contributed by atoms with E-state index >= 15 is 0 Å². The van der Waals surface area contributed by atoms with Crippen LogP contribution in [-0.2, 0) is 4.79 Å². The van der Waals surface area contributed by atoms with Crippen molar-refractivity contribution in [3.63, 3.8) is 0 Å². The first-order valence-electron chi connectivity index (χ1n) is 8.86. The molecule has 1 heterocycles. The smallest absolute Gasteiger partial charge is 0.226 e. The minimum absolute atomic E-state index is 0.0845. The zero-order chi connectivity index (χ0) is 17.7. The van der Waals surface area contributed by atoms with Crippen LogP contribution in [0.5, 0.6) is 0 Å². The summed E-state index contributed by atoms with van der Waals surface area (Å²) in [6, 6.07) is 8.53. The van der Waals surface area contributed by atoms with Gasteiger partial charge in [-0.25, -0.2) is 0 Å². The van der Waals surface area contributed by atoms with Crippen LogP contribution < -0.4 is 10.2 Å². The van der Waals surface area contributed by atoms with Gasteiger partial charge in [0.2, 0.25) is 5.91 Å². The van der Waals surface area contributed by atoms with E-state index in [-0.39, 0.29) is 18.2 Å². The molecule has 5 nitrogen and oxygen atoms in total. The molecule has 1 amide bonds. The number of carbonyl (C=O) groups excluding carboxylic acids is 1. The Kier molecular flexibility index (Phi) is 6.63. The van der Waals surface area contributed by atoms with Crippen molar-refractivity contribution in [2.75, 3.05) is 37.4 Å². The number of likely N-dealkylation sites (tertiary alicyclic amines) is 1. The molecule has 1 aliphatic heterocycles. The van der Waals surface area contributed by atoms with Crippen LogP contribution >= 0.6 is 0 Å². The number of piperidine rings is 1. The molecule has 0 radical (unpaired) electrons. The third kappa shape index (κ3) is 5.21. The maximum Gasteiger partial charge on any atom is 0.226 e. The molecule has 2 N–H and O–H groups in total. The van der Waals surface area contributed by atoms with Gasteiger partial charge in [0, 0.05) is 24.5 Å². The number of carbonyl (C=O) groups is 1. The number of rotatable bonds is 6. The van der Waals surface area contributed by atoms with Gasteiger partial charge in [-0.1, -0.05) is 13.8 Å². The van der Waals surface area contributed by atoms with E-state index in [9.17, 15) is 9.90 Å². The summed E-state index contributed by atoms with van der Waals surface area (Å²) in [6.07, 6.45) is 1.89. The van der Waals surface area contributed by atoms with Crippen LogP contribution in [0.4, 0.5) is 11.4 Å². The van der Waals surface area contributed by atoms with Crippen molar-refractivity contribution >= 4 is 17.3 Å². The monoisotopic (exact) mass is 333 g/mol. The number of hydrogen-bond donors (Lipinski definition) is 2. The van der Waals surface area contributed by atoms with Gasteiger partial charge in [-0.05, 0) is 63.2 Å². The quantitative estimate of drug-likeness (QED) is 0.840. The molecular formula is C19H31N3O2. The average molecular weight is 333 g/mol. The van der Waals surface area contributed by atoms with Crippen LogP contribution in [0.1, 0.15) is 33.1 Å². The van der Waals surface area contributed by atoms with E-state index in [1.807, 2.05) is 38.1 Å². The summed E-state index contributed by atoms with van der Waals surface area (Å²) in [5.41, 5.74) is 1.95. The van der Waals surface area contributed by atoms with Crippen LogP contribution in [0.2, 0.25) is 0 Å². The Bertz CT molecular complexity index is 522. The molecule has 1 saturated heterocycles. The normalized spacial score (nSPS) is 17.8. The van der Waals surface area contributed by atoms with Crippen LogP contribution in [-0.4, -0.2) is 55.2 Å². The molecule has 0 aromatic heterocycles. The maximum absolute atomic E-state index is 11.9. The van der Waals surface area contributed by atoms with Crippen molar-refractivity contribution < 1.29 is 9.90 Å². The molecule has 1 aromatic carbocycles. The highest BCUT2D eigenvalue weighted by Crippen LogP contribution is 2.23. The predicted molar refractivity (Wildman–Crippen MR) is 99.5 cm³/mol. The number of hydrogen-bond acceptors (Lipinski definition) is 4. The van der Waals surface area contributed by atoms with Gasteiger partial charge in [-0.3, -0.25) is 4.79 Å². The lowest BCUT2D eigenvalue weighted by atomic mass is 10.0. The van der Waals surface area contributed by atoms with Crippen molar-refractivity contribution in [3.8, 4) is 0 Å². The Morgan fingerprint density at radius 3 is 2.42 bits per heavy atom. The fourth-order valence-corrected chi connectivity index (χ4v) is 3.01. The number of nitrogens with zero attached hydrogens (tertiary/aromatic N) is 2. The molecule has 1 unspecified atom stereocenters. The molecule has 1 fully saturated rings. The molecule has 24 heavy (non-hydrogen) atoms. The number of aliphatic hydroxyl groups is 1. The lowest BCUT2D eigenvalue weighted by Crippen LogP contribution is -2.41. The van der Waals surface area contributed by atoms with E-state index in [0.29, 0.717) is 6.04 Å². The molecule has 0 aliphatic carbocycles. The molecule has 0 saturated carbocycles. The van der Waals surface area contributed by atoms with Crippen LogP contribution in [0, 0.1) is 5.92 Å². The summed E-state index contributed by atoms with van der Waals surface area (Å²) in [6.45, 7) is 6.10. The Balaban J connectivity index is 1.89. The van der Waals surface area contributed by atoms with Crippen molar-refractivity contribution in [1.29, 1.82) is 0 Å². The Hall–Kier alpha value is -1.59. The number of nitrogens with one attached hydrogen (secondary N) is 1. The minimum atomic E-state index is -0.597. The van der Waals surface area contributed by atoms with E-state index in [1.165, 1.54) is 18.5 Å². The van der Waals surface area contributed by atoms with Gasteiger partial charge in [-0.15, -0.1) is 0 Å². The van der Waals surface area contributed by atoms with E-state index in [4.69, 9.17) is 0 Å². The third-order valence-electron chi connectivity index (χ3n) is 4.96. The van der Waals surface area contributed by atoms with Gasteiger partial charge in [0.25, 0.3) is 0 Å². The lowest BCUT2D eigenvalue weighted by molar-refractivity contribution is -0.118. The molecule has 1 atom stereocenters. The molecule has 5 heteroatoms. The first-order valence-corrected chi connectivity index (χ1v) is 8.86. The summed E-state index contributed by atoms with van der Waals surface area (Å²) in [7, 11) is 4.31. The Labute approximate surface area is 145 Å². The first-order chi connectivity index (χ1) is 11.4. The molecule has 134 valence electrons. The van der Waals surface area contributed by atoms with E-state index in [1.54, 1.807) is 0 Å². The van der Waals surface area contributed by atoms with Gasteiger partial charge >= 0.3 is 0 Å². The number of benzene rings is 1. The highest BCUT2D eigenvalue weighted by atomic mass is 16.3. The minimum Gasteiger partial charge on any atom is -0.392 e. The third-order valence-corrected chi connectivity index (χ3v) is 4.96. The molecule has 0 spiro atoms. The zero-order valence-electron chi connectivity index (χ0n) is 15.3. The molecule has 0 bridgehead atoms. The Morgan fingerprint density at radius 1 is 1.29 bits per heavy atom. The van der Waals surface area contributed by atoms with Gasteiger partial charge in [0.15, 0.2) is 0 Å². The largest absolute Gasteiger partial charge is 0.392 e. The van der Waals surface area contributed by atoms with Gasteiger partial charge < -0.3 is 20.2 Å². The zero-order valence-corrected chi connectivity index (χ0v) is 15.3. The van der Waals surface area contributed by atoms with E-state index in [0.717, 1.165) is 18.8 Å². The highest BCUT2D eigenvalue weighted by Gasteiger charge is 2.21.